The topological polar surface area (TPSA) is 91.8 Å². The highest BCUT2D eigenvalue weighted by molar-refractivity contribution is 5.92. The van der Waals surface area contributed by atoms with Gasteiger partial charge in [0, 0.05) is 37.4 Å². The molecule has 3 aliphatic heterocycles. The van der Waals surface area contributed by atoms with Crippen molar-refractivity contribution in [3.8, 4) is 0 Å². The largest absolute Gasteiger partial charge is 0.444 e. The van der Waals surface area contributed by atoms with Gasteiger partial charge in [-0.05, 0) is 64.0 Å². The van der Waals surface area contributed by atoms with Gasteiger partial charge in [-0.25, -0.2) is 4.79 Å². The van der Waals surface area contributed by atoms with Gasteiger partial charge in [-0.2, -0.15) is 0 Å². The van der Waals surface area contributed by atoms with E-state index in [0.29, 0.717) is 31.8 Å². The van der Waals surface area contributed by atoms with Gasteiger partial charge in [0.15, 0.2) is 0 Å². The predicted octanol–water partition coefficient (Wildman–Crippen LogP) is 2.69. The zero-order valence-corrected chi connectivity index (χ0v) is 19.4. The number of likely N-dealkylation sites (tertiary alicyclic amines) is 1. The van der Waals surface area contributed by atoms with E-state index in [0.717, 1.165) is 18.4 Å². The molecular formula is C24H34N4O4. The SMILES string of the molecule is C[C@@H]1C[C@H]2CC[C@@H](C(=O)N3CC(c4cccnc4)C3)N2C(=O)[C@@H](NC(=O)OC(C)(C)C)C1. The fourth-order valence-corrected chi connectivity index (χ4v) is 5.20. The van der Waals surface area contributed by atoms with Crippen LogP contribution in [0.15, 0.2) is 24.5 Å². The van der Waals surface area contributed by atoms with Crippen LogP contribution in [0.5, 0.6) is 0 Å². The number of aromatic nitrogens is 1. The quantitative estimate of drug-likeness (QED) is 0.777. The van der Waals surface area contributed by atoms with Gasteiger partial charge in [-0.3, -0.25) is 14.6 Å². The van der Waals surface area contributed by atoms with Crippen molar-refractivity contribution in [3.05, 3.63) is 30.1 Å². The molecule has 0 radical (unpaired) electrons. The summed E-state index contributed by atoms with van der Waals surface area (Å²) in [6, 6.07) is 2.88. The van der Waals surface area contributed by atoms with Crippen molar-refractivity contribution in [1.82, 2.24) is 20.1 Å². The second-order valence-corrected chi connectivity index (χ2v) is 10.5. The van der Waals surface area contributed by atoms with E-state index in [4.69, 9.17) is 4.74 Å². The van der Waals surface area contributed by atoms with Gasteiger partial charge in [0.05, 0.1) is 0 Å². The molecule has 1 aromatic rings. The number of carbonyl (C=O) groups is 3. The van der Waals surface area contributed by atoms with Gasteiger partial charge in [-0.15, -0.1) is 0 Å². The Hall–Kier alpha value is -2.64. The summed E-state index contributed by atoms with van der Waals surface area (Å²) in [6.07, 6.45) is 5.91. The van der Waals surface area contributed by atoms with Crippen molar-refractivity contribution in [2.75, 3.05) is 13.1 Å². The average molecular weight is 443 g/mol. The molecule has 0 aliphatic carbocycles. The van der Waals surface area contributed by atoms with Crippen molar-refractivity contribution in [3.63, 3.8) is 0 Å². The number of alkyl carbamates (subject to hydrolysis) is 1. The fourth-order valence-electron chi connectivity index (χ4n) is 5.20. The minimum absolute atomic E-state index is 0.0200. The van der Waals surface area contributed by atoms with E-state index in [2.05, 4.69) is 17.2 Å². The number of ether oxygens (including phenoxy) is 1. The summed E-state index contributed by atoms with van der Waals surface area (Å²) in [4.78, 5) is 46.9. The molecule has 3 fully saturated rings. The molecule has 4 heterocycles. The van der Waals surface area contributed by atoms with Gasteiger partial charge in [0.2, 0.25) is 11.8 Å². The molecular weight excluding hydrogens is 408 g/mol. The van der Waals surface area contributed by atoms with Crippen LogP contribution in [0.4, 0.5) is 4.79 Å². The van der Waals surface area contributed by atoms with Crippen LogP contribution in [0.3, 0.4) is 0 Å². The maximum absolute atomic E-state index is 13.5. The van der Waals surface area contributed by atoms with Crippen LogP contribution >= 0.6 is 0 Å². The summed E-state index contributed by atoms with van der Waals surface area (Å²) >= 11 is 0. The third kappa shape index (κ3) is 4.74. The van der Waals surface area contributed by atoms with Crippen molar-refractivity contribution in [2.45, 2.75) is 83.0 Å². The molecule has 8 nitrogen and oxygen atoms in total. The number of carbonyl (C=O) groups excluding carboxylic acids is 3. The Kier molecular flexibility index (Phi) is 6.14. The molecule has 4 rings (SSSR count). The molecule has 4 atom stereocenters. The highest BCUT2D eigenvalue weighted by Gasteiger charge is 2.48. The number of fused-ring (bicyclic) bond motifs is 1. The summed E-state index contributed by atoms with van der Waals surface area (Å²) in [7, 11) is 0. The summed E-state index contributed by atoms with van der Waals surface area (Å²) in [5.74, 6) is 0.421. The molecule has 0 bridgehead atoms. The predicted molar refractivity (Wildman–Crippen MR) is 119 cm³/mol. The number of nitrogens with zero attached hydrogens (tertiary/aromatic N) is 3. The lowest BCUT2D eigenvalue weighted by Crippen LogP contribution is -2.58. The van der Waals surface area contributed by atoms with Crippen LogP contribution in [0.25, 0.3) is 0 Å². The van der Waals surface area contributed by atoms with Crippen molar-refractivity contribution in [2.24, 2.45) is 5.92 Å². The lowest BCUT2D eigenvalue weighted by molar-refractivity contribution is -0.148. The summed E-state index contributed by atoms with van der Waals surface area (Å²) in [5.41, 5.74) is 0.502. The van der Waals surface area contributed by atoms with Crippen molar-refractivity contribution >= 4 is 17.9 Å². The molecule has 3 amide bonds. The van der Waals surface area contributed by atoms with Crippen molar-refractivity contribution < 1.29 is 19.1 Å². The highest BCUT2D eigenvalue weighted by atomic mass is 16.6. The van der Waals surface area contributed by atoms with E-state index in [1.807, 2.05) is 23.2 Å². The third-order valence-corrected chi connectivity index (χ3v) is 6.69. The molecule has 0 aromatic carbocycles. The molecule has 1 aromatic heterocycles. The normalized spacial score (nSPS) is 28.6. The molecule has 8 heteroatoms. The number of rotatable bonds is 3. The van der Waals surface area contributed by atoms with E-state index in [9.17, 15) is 14.4 Å². The molecule has 0 unspecified atom stereocenters. The molecule has 0 saturated carbocycles. The lowest BCUT2D eigenvalue weighted by Gasteiger charge is -2.42. The maximum atomic E-state index is 13.5. The van der Waals surface area contributed by atoms with Gasteiger partial charge >= 0.3 is 6.09 Å². The first kappa shape index (κ1) is 22.6. The second-order valence-electron chi connectivity index (χ2n) is 10.5. The fraction of sp³-hybridized carbons (Fsp3) is 0.667. The number of hydrogen-bond donors (Lipinski definition) is 1. The molecule has 1 N–H and O–H groups in total. The van der Waals surface area contributed by atoms with Gasteiger partial charge in [0.25, 0.3) is 0 Å². The average Bonchev–Trinajstić information content (AvgIpc) is 3.03. The van der Waals surface area contributed by atoms with Gasteiger partial charge in [0.1, 0.15) is 17.7 Å². The Balaban J connectivity index is 1.43. The standard InChI is InChI=1S/C24H34N4O4/c1-15-10-18-7-8-20(22(30)27-13-17(14-27)16-6-5-9-25-12-16)28(18)21(29)19(11-15)26-23(31)32-24(2,3)4/h5-6,9,12,15,17-20H,7-8,10-11,13-14H2,1-4H3,(H,26,31)/t15-,18-,19+,20+/m1/s1. The second kappa shape index (κ2) is 8.71. The van der Waals surface area contributed by atoms with E-state index in [1.165, 1.54) is 0 Å². The van der Waals surface area contributed by atoms with Crippen LogP contribution in [0.2, 0.25) is 0 Å². The molecule has 3 saturated heterocycles. The summed E-state index contributed by atoms with van der Waals surface area (Å²) < 4.78 is 5.37. The van der Waals surface area contributed by atoms with E-state index >= 15 is 0 Å². The lowest BCUT2D eigenvalue weighted by atomic mass is 9.91. The van der Waals surface area contributed by atoms with Crippen LogP contribution in [0.1, 0.15) is 64.9 Å². The first-order valence-electron chi connectivity index (χ1n) is 11.6. The monoisotopic (exact) mass is 442 g/mol. The molecule has 32 heavy (non-hydrogen) atoms. The van der Waals surface area contributed by atoms with Crippen molar-refractivity contribution in [1.29, 1.82) is 0 Å². The first-order valence-corrected chi connectivity index (χ1v) is 11.6. The Morgan fingerprint density at radius 3 is 2.59 bits per heavy atom. The Labute approximate surface area is 189 Å². The van der Waals surface area contributed by atoms with Crippen LogP contribution in [0, 0.1) is 5.92 Å². The summed E-state index contributed by atoms with van der Waals surface area (Å²) in [5, 5.41) is 2.77. The number of amides is 3. The van der Waals surface area contributed by atoms with E-state index in [-0.39, 0.29) is 23.8 Å². The number of nitrogens with one attached hydrogen (secondary N) is 1. The smallest absolute Gasteiger partial charge is 0.408 e. The number of hydrogen-bond acceptors (Lipinski definition) is 5. The zero-order valence-electron chi connectivity index (χ0n) is 19.4. The Morgan fingerprint density at radius 1 is 1.19 bits per heavy atom. The molecule has 0 spiro atoms. The van der Waals surface area contributed by atoms with E-state index < -0.39 is 23.8 Å². The van der Waals surface area contributed by atoms with Gasteiger partial charge in [-0.1, -0.05) is 13.0 Å². The van der Waals surface area contributed by atoms with Gasteiger partial charge < -0.3 is 19.9 Å². The Bertz CT molecular complexity index is 863. The maximum Gasteiger partial charge on any atom is 0.408 e. The van der Waals surface area contributed by atoms with Crippen LogP contribution < -0.4 is 5.32 Å². The van der Waals surface area contributed by atoms with Crippen LogP contribution in [-0.4, -0.2) is 69.5 Å². The highest BCUT2D eigenvalue weighted by Crippen LogP contribution is 2.36. The zero-order chi connectivity index (χ0) is 23.0. The minimum atomic E-state index is -0.669. The Morgan fingerprint density at radius 2 is 1.94 bits per heavy atom. The molecule has 174 valence electrons. The van der Waals surface area contributed by atoms with Crippen LogP contribution in [-0.2, 0) is 14.3 Å². The number of pyridine rings is 1. The minimum Gasteiger partial charge on any atom is -0.444 e. The molecule has 3 aliphatic rings. The first-order chi connectivity index (χ1) is 15.1. The van der Waals surface area contributed by atoms with E-state index in [1.54, 1.807) is 31.9 Å². The third-order valence-electron chi connectivity index (χ3n) is 6.69. The summed E-state index contributed by atoms with van der Waals surface area (Å²) in [6.45, 7) is 8.79.